The van der Waals surface area contributed by atoms with Gasteiger partial charge in [-0.05, 0) is 36.8 Å². The fraction of sp³-hybridized carbons (Fsp3) is 0.182. The number of ether oxygens (including phenoxy) is 2. The Balaban J connectivity index is 2.10. The molecule has 0 aliphatic carbocycles. The van der Waals surface area contributed by atoms with Gasteiger partial charge in [0.2, 0.25) is 0 Å². The number of hydrogen-bond acceptors (Lipinski definition) is 7. The maximum absolute atomic E-state index is 13.2. The zero-order valence-corrected chi connectivity index (χ0v) is 16.8. The minimum absolute atomic E-state index is 0.0223. The Morgan fingerprint density at radius 1 is 1.23 bits per heavy atom. The van der Waals surface area contributed by atoms with E-state index >= 15 is 0 Å². The molecule has 8 nitrogen and oxygen atoms in total. The second-order valence-corrected chi connectivity index (χ2v) is 6.56. The van der Waals surface area contributed by atoms with Gasteiger partial charge in [0.25, 0.3) is 5.91 Å². The first kappa shape index (κ1) is 21.7. The number of phenols is 1. The van der Waals surface area contributed by atoms with Gasteiger partial charge in [-0.25, -0.2) is 9.18 Å². The molecule has 1 heterocycles. The number of phenolic OH excluding ortho intramolecular Hbond substituents is 1. The van der Waals surface area contributed by atoms with Crippen molar-refractivity contribution >= 4 is 29.3 Å². The van der Waals surface area contributed by atoms with Crippen LogP contribution in [0.2, 0.25) is 0 Å². The van der Waals surface area contributed by atoms with Crippen molar-refractivity contribution in [3.05, 3.63) is 65.1 Å². The molecule has 0 unspecified atom stereocenters. The number of nitrogens with zero attached hydrogens (tertiary/aromatic N) is 2. The Kier molecular flexibility index (Phi) is 6.44. The van der Waals surface area contributed by atoms with Crippen molar-refractivity contribution in [1.29, 1.82) is 0 Å². The van der Waals surface area contributed by atoms with Crippen LogP contribution < -0.4 is 4.74 Å². The Bertz CT molecular complexity index is 1150. The molecule has 1 aromatic heterocycles. The third kappa shape index (κ3) is 4.45. The molecular formula is C22H19FN2O6. The number of rotatable bonds is 6. The SMILES string of the molecule is CCOC(=O)Oc1c(C=O)c(C(=O)N(C)Cc2ccc(F)cc2)c(O)c2ncccc12. The lowest BCUT2D eigenvalue weighted by Crippen LogP contribution is -2.28. The highest BCUT2D eigenvalue weighted by molar-refractivity contribution is 6.12. The second kappa shape index (κ2) is 9.21. The zero-order chi connectivity index (χ0) is 22.5. The highest BCUT2D eigenvalue weighted by atomic mass is 19.1. The molecule has 0 fully saturated rings. The summed E-state index contributed by atoms with van der Waals surface area (Å²) in [5.74, 6) is -1.90. The summed E-state index contributed by atoms with van der Waals surface area (Å²) in [6.07, 6.45) is 0.631. The van der Waals surface area contributed by atoms with E-state index in [-0.39, 0.29) is 40.9 Å². The van der Waals surface area contributed by atoms with Crippen molar-refractivity contribution in [1.82, 2.24) is 9.88 Å². The molecule has 0 bridgehead atoms. The predicted molar refractivity (Wildman–Crippen MR) is 109 cm³/mol. The van der Waals surface area contributed by atoms with Crippen LogP contribution >= 0.6 is 0 Å². The number of benzene rings is 2. The van der Waals surface area contributed by atoms with E-state index in [0.717, 1.165) is 0 Å². The van der Waals surface area contributed by atoms with E-state index in [1.165, 1.54) is 54.5 Å². The molecular weight excluding hydrogens is 407 g/mol. The quantitative estimate of drug-likeness (QED) is 0.364. The molecule has 3 rings (SSSR count). The first-order chi connectivity index (χ1) is 14.9. The molecule has 9 heteroatoms. The van der Waals surface area contributed by atoms with Crippen molar-refractivity contribution in [3.8, 4) is 11.5 Å². The first-order valence-corrected chi connectivity index (χ1v) is 9.30. The summed E-state index contributed by atoms with van der Waals surface area (Å²) in [4.78, 5) is 42.3. The van der Waals surface area contributed by atoms with Crippen LogP contribution in [-0.2, 0) is 11.3 Å². The van der Waals surface area contributed by atoms with E-state index in [0.29, 0.717) is 11.8 Å². The number of aldehydes is 1. The number of fused-ring (bicyclic) bond motifs is 1. The number of aromatic hydroxyl groups is 1. The van der Waals surface area contributed by atoms with Gasteiger partial charge in [0.05, 0.1) is 17.7 Å². The van der Waals surface area contributed by atoms with Gasteiger partial charge in [-0.15, -0.1) is 0 Å². The molecule has 0 atom stereocenters. The van der Waals surface area contributed by atoms with E-state index in [1.54, 1.807) is 6.92 Å². The lowest BCUT2D eigenvalue weighted by atomic mass is 10.00. The van der Waals surface area contributed by atoms with E-state index < -0.39 is 23.6 Å². The minimum atomic E-state index is -1.07. The number of hydrogen-bond donors (Lipinski definition) is 1. The molecule has 31 heavy (non-hydrogen) atoms. The number of aromatic nitrogens is 1. The molecule has 1 amide bonds. The lowest BCUT2D eigenvalue weighted by molar-refractivity contribution is 0.0776. The van der Waals surface area contributed by atoms with Crippen LogP contribution in [-0.4, -0.2) is 47.0 Å². The number of halogens is 1. The van der Waals surface area contributed by atoms with Gasteiger partial charge in [-0.2, -0.15) is 0 Å². The maximum atomic E-state index is 13.2. The van der Waals surface area contributed by atoms with Gasteiger partial charge in [-0.3, -0.25) is 14.6 Å². The molecule has 3 aromatic rings. The fourth-order valence-electron chi connectivity index (χ4n) is 3.08. The number of pyridine rings is 1. The second-order valence-electron chi connectivity index (χ2n) is 6.56. The van der Waals surface area contributed by atoms with Crippen LogP contribution in [0.3, 0.4) is 0 Å². The van der Waals surface area contributed by atoms with Gasteiger partial charge >= 0.3 is 6.16 Å². The number of carbonyl (C=O) groups excluding carboxylic acids is 3. The van der Waals surface area contributed by atoms with Crippen LogP contribution in [0.15, 0.2) is 42.6 Å². The molecule has 0 radical (unpaired) electrons. The number of carbonyl (C=O) groups is 3. The van der Waals surface area contributed by atoms with Crippen LogP contribution in [0.1, 0.15) is 33.2 Å². The Morgan fingerprint density at radius 2 is 1.94 bits per heavy atom. The fourth-order valence-corrected chi connectivity index (χ4v) is 3.08. The van der Waals surface area contributed by atoms with Gasteiger partial charge < -0.3 is 19.5 Å². The summed E-state index contributed by atoms with van der Waals surface area (Å²) in [6, 6.07) is 8.55. The Labute approximate surface area is 176 Å². The van der Waals surface area contributed by atoms with E-state index in [4.69, 9.17) is 9.47 Å². The van der Waals surface area contributed by atoms with Crippen molar-refractivity contribution < 1.29 is 33.4 Å². The maximum Gasteiger partial charge on any atom is 0.513 e. The van der Waals surface area contributed by atoms with Crippen LogP contribution in [0.5, 0.6) is 11.5 Å². The summed E-state index contributed by atoms with van der Waals surface area (Å²) < 4.78 is 23.1. The van der Waals surface area contributed by atoms with Crippen molar-refractivity contribution in [3.63, 3.8) is 0 Å². The van der Waals surface area contributed by atoms with Gasteiger partial charge in [0.1, 0.15) is 11.3 Å². The Morgan fingerprint density at radius 3 is 2.58 bits per heavy atom. The van der Waals surface area contributed by atoms with Crippen molar-refractivity contribution in [2.45, 2.75) is 13.5 Å². The normalized spacial score (nSPS) is 10.5. The zero-order valence-electron chi connectivity index (χ0n) is 16.8. The third-order valence-corrected chi connectivity index (χ3v) is 4.49. The van der Waals surface area contributed by atoms with E-state index in [2.05, 4.69) is 4.98 Å². The van der Waals surface area contributed by atoms with Crippen LogP contribution in [0, 0.1) is 5.82 Å². The molecule has 0 saturated carbocycles. The van der Waals surface area contributed by atoms with Crippen molar-refractivity contribution in [2.75, 3.05) is 13.7 Å². The first-order valence-electron chi connectivity index (χ1n) is 9.30. The third-order valence-electron chi connectivity index (χ3n) is 4.49. The average molecular weight is 426 g/mol. The van der Waals surface area contributed by atoms with Gasteiger partial charge in [0, 0.05) is 25.2 Å². The molecule has 0 spiro atoms. The summed E-state index contributed by atoms with van der Waals surface area (Å²) in [7, 11) is 1.45. The predicted octanol–water partition coefficient (Wildman–Crippen LogP) is 3.70. The molecule has 2 aromatic carbocycles. The van der Waals surface area contributed by atoms with E-state index in [1.807, 2.05) is 0 Å². The standard InChI is InChI=1S/C22H19FN2O6/c1-3-30-22(29)31-20-15-5-4-10-24-18(15)19(27)17(16(20)12-26)21(28)25(2)11-13-6-8-14(23)9-7-13/h4-10,12,27H,3,11H2,1-2H3. The average Bonchev–Trinajstić information content (AvgIpc) is 2.76. The van der Waals surface area contributed by atoms with Gasteiger partial charge in [-0.1, -0.05) is 12.1 Å². The topological polar surface area (TPSA) is 106 Å². The summed E-state index contributed by atoms with van der Waals surface area (Å²) >= 11 is 0. The molecule has 0 aliphatic rings. The largest absolute Gasteiger partial charge is 0.513 e. The molecule has 1 N–H and O–H groups in total. The van der Waals surface area contributed by atoms with Crippen LogP contribution in [0.25, 0.3) is 10.9 Å². The summed E-state index contributed by atoms with van der Waals surface area (Å²) in [5, 5.41) is 10.9. The summed E-state index contributed by atoms with van der Waals surface area (Å²) in [5.41, 5.74) is -0.0793. The molecule has 160 valence electrons. The highest BCUT2D eigenvalue weighted by Crippen LogP contribution is 2.39. The van der Waals surface area contributed by atoms with Crippen LogP contribution in [0.4, 0.5) is 9.18 Å². The smallest absolute Gasteiger partial charge is 0.505 e. The lowest BCUT2D eigenvalue weighted by Gasteiger charge is -2.21. The Hall–Kier alpha value is -4.01. The monoisotopic (exact) mass is 426 g/mol. The summed E-state index contributed by atoms with van der Waals surface area (Å²) in [6.45, 7) is 1.69. The molecule has 0 aliphatic heterocycles. The molecule has 0 saturated heterocycles. The van der Waals surface area contributed by atoms with E-state index in [9.17, 15) is 23.9 Å². The number of amides is 1. The minimum Gasteiger partial charge on any atom is -0.505 e. The highest BCUT2D eigenvalue weighted by Gasteiger charge is 2.29. The van der Waals surface area contributed by atoms with Gasteiger partial charge in [0.15, 0.2) is 17.8 Å². The van der Waals surface area contributed by atoms with Crippen molar-refractivity contribution in [2.24, 2.45) is 0 Å².